The third-order valence-electron chi connectivity index (χ3n) is 5.58. The van der Waals surface area contributed by atoms with Gasteiger partial charge in [-0.25, -0.2) is 4.98 Å². The predicted octanol–water partition coefficient (Wildman–Crippen LogP) is 4.00. The molecule has 1 aromatic carbocycles. The number of nitrogens with one attached hydrogen (secondary N) is 1. The Morgan fingerprint density at radius 2 is 1.71 bits per heavy atom. The number of benzene rings is 1. The van der Waals surface area contributed by atoms with Crippen LogP contribution in [0, 0.1) is 5.92 Å². The highest BCUT2D eigenvalue weighted by atomic mass is 16.5. The Bertz CT molecular complexity index is 801. The van der Waals surface area contributed by atoms with Crippen LogP contribution in [0.15, 0.2) is 12.1 Å². The zero-order valence-corrected chi connectivity index (χ0v) is 17.8. The first-order valence-electron chi connectivity index (χ1n) is 10.1. The lowest BCUT2D eigenvalue weighted by atomic mass is 9.89. The molecule has 6 heteroatoms. The van der Waals surface area contributed by atoms with E-state index in [0.29, 0.717) is 17.2 Å². The van der Waals surface area contributed by atoms with Gasteiger partial charge in [0.2, 0.25) is 5.75 Å². The quantitative estimate of drug-likeness (QED) is 0.739. The van der Waals surface area contributed by atoms with Gasteiger partial charge in [0.15, 0.2) is 11.5 Å². The van der Waals surface area contributed by atoms with Gasteiger partial charge in [-0.3, -0.25) is 0 Å². The number of fused-ring (bicyclic) bond motifs is 1. The van der Waals surface area contributed by atoms with Crippen LogP contribution in [0.4, 0.5) is 5.82 Å². The summed E-state index contributed by atoms with van der Waals surface area (Å²) in [5.74, 6) is 3.62. The number of anilines is 1. The molecule has 0 atom stereocenters. The van der Waals surface area contributed by atoms with Crippen molar-refractivity contribution < 1.29 is 14.2 Å². The van der Waals surface area contributed by atoms with E-state index in [9.17, 15) is 0 Å². The van der Waals surface area contributed by atoms with E-state index < -0.39 is 0 Å². The molecule has 0 aliphatic heterocycles. The van der Waals surface area contributed by atoms with Gasteiger partial charge >= 0.3 is 0 Å². The van der Waals surface area contributed by atoms with E-state index in [1.807, 2.05) is 20.2 Å². The molecular weight excluding hydrogens is 354 g/mol. The molecule has 3 rings (SSSR count). The fraction of sp³-hybridized carbons (Fsp3) is 0.591. The highest BCUT2D eigenvalue weighted by molar-refractivity contribution is 5.92. The SMILES string of the molecule is COc1cc2nc(N(C)C)c(CNCC3CCCCC3)cc2c(OC)c1OC. The van der Waals surface area contributed by atoms with Gasteiger partial charge in [-0.2, -0.15) is 0 Å². The minimum Gasteiger partial charge on any atom is -0.493 e. The van der Waals surface area contributed by atoms with Crippen molar-refractivity contribution >= 4 is 16.7 Å². The third-order valence-corrected chi connectivity index (χ3v) is 5.58. The van der Waals surface area contributed by atoms with Crippen LogP contribution >= 0.6 is 0 Å². The zero-order chi connectivity index (χ0) is 20.1. The average Bonchev–Trinajstić information content (AvgIpc) is 2.72. The maximum Gasteiger partial charge on any atom is 0.204 e. The largest absolute Gasteiger partial charge is 0.493 e. The van der Waals surface area contributed by atoms with Crippen molar-refractivity contribution in [1.29, 1.82) is 0 Å². The Kier molecular flexibility index (Phi) is 6.83. The summed E-state index contributed by atoms with van der Waals surface area (Å²) >= 11 is 0. The van der Waals surface area contributed by atoms with E-state index in [0.717, 1.165) is 41.3 Å². The van der Waals surface area contributed by atoms with Crippen molar-refractivity contribution in [1.82, 2.24) is 10.3 Å². The molecule has 1 saturated carbocycles. The summed E-state index contributed by atoms with van der Waals surface area (Å²) in [4.78, 5) is 6.96. The van der Waals surface area contributed by atoms with Gasteiger partial charge in [0.05, 0.1) is 26.8 Å². The molecule has 1 N–H and O–H groups in total. The summed E-state index contributed by atoms with van der Waals surface area (Å²) in [6.07, 6.45) is 6.81. The lowest BCUT2D eigenvalue weighted by Crippen LogP contribution is -2.25. The molecule has 0 radical (unpaired) electrons. The fourth-order valence-corrected chi connectivity index (χ4v) is 4.14. The Morgan fingerprint density at radius 1 is 1.00 bits per heavy atom. The van der Waals surface area contributed by atoms with Gasteiger partial charge in [0, 0.05) is 37.7 Å². The highest BCUT2D eigenvalue weighted by Gasteiger charge is 2.20. The second-order valence-corrected chi connectivity index (χ2v) is 7.71. The summed E-state index contributed by atoms with van der Waals surface area (Å²) in [6.45, 7) is 1.85. The molecule has 154 valence electrons. The molecule has 0 amide bonds. The van der Waals surface area contributed by atoms with E-state index in [1.165, 1.54) is 32.1 Å². The van der Waals surface area contributed by atoms with Crippen molar-refractivity contribution in [3.05, 3.63) is 17.7 Å². The van der Waals surface area contributed by atoms with Crippen LogP contribution in [0.1, 0.15) is 37.7 Å². The van der Waals surface area contributed by atoms with E-state index in [-0.39, 0.29) is 0 Å². The maximum absolute atomic E-state index is 5.67. The van der Waals surface area contributed by atoms with Crippen LogP contribution in [-0.2, 0) is 6.54 Å². The molecule has 0 bridgehead atoms. The van der Waals surface area contributed by atoms with Crippen molar-refractivity contribution in [3.63, 3.8) is 0 Å². The number of ether oxygens (including phenoxy) is 3. The van der Waals surface area contributed by atoms with Crippen molar-refractivity contribution in [2.45, 2.75) is 38.6 Å². The highest BCUT2D eigenvalue weighted by Crippen LogP contribution is 2.43. The molecule has 1 aliphatic rings. The monoisotopic (exact) mass is 387 g/mol. The smallest absolute Gasteiger partial charge is 0.204 e. The normalized spacial score (nSPS) is 14.9. The molecule has 0 spiro atoms. The topological polar surface area (TPSA) is 55.9 Å². The first-order valence-corrected chi connectivity index (χ1v) is 10.1. The van der Waals surface area contributed by atoms with Gasteiger partial charge in [-0.15, -0.1) is 0 Å². The molecule has 1 aliphatic carbocycles. The third kappa shape index (κ3) is 4.27. The van der Waals surface area contributed by atoms with Crippen LogP contribution in [0.3, 0.4) is 0 Å². The molecule has 1 heterocycles. The number of hydrogen-bond acceptors (Lipinski definition) is 6. The number of rotatable bonds is 8. The standard InChI is InChI=1S/C22H33N3O3/c1-25(2)22-16(14-23-13-15-9-7-6-8-10-15)11-17-18(24-22)12-19(26-3)21(28-5)20(17)27-4/h11-12,15,23H,6-10,13-14H2,1-5H3. The Balaban J connectivity index is 1.94. The molecule has 1 fully saturated rings. The van der Waals surface area contributed by atoms with Crippen LogP contribution < -0.4 is 24.4 Å². The number of aromatic nitrogens is 1. The average molecular weight is 388 g/mol. The lowest BCUT2D eigenvalue weighted by molar-refractivity contribution is 0.327. The molecule has 28 heavy (non-hydrogen) atoms. The minimum absolute atomic E-state index is 0.595. The second kappa shape index (κ2) is 9.32. The van der Waals surface area contributed by atoms with Crippen LogP contribution in [0.2, 0.25) is 0 Å². The van der Waals surface area contributed by atoms with Crippen LogP contribution in [-0.4, -0.2) is 47.0 Å². The first-order chi connectivity index (χ1) is 13.6. The Morgan fingerprint density at radius 3 is 2.32 bits per heavy atom. The van der Waals surface area contributed by atoms with Gasteiger partial charge in [0.25, 0.3) is 0 Å². The lowest BCUT2D eigenvalue weighted by Gasteiger charge is -2.23. The second-order valence-electron chi connectivity index (χ2n) is 7.71. The van der Waals surface area contributed by atoms with Gasteiger partial charge < -0.3 is 24.4 Å². The van der Waals surface area contributed by atoms with Gasteiger partial charge in [-0.1, -0.05) is 19.3 Å². The molecule has 1 aromatic heterocycles. The fourth-order valence-electron chi connectivity index (χ4n) is 4.14. The summed E-state index contributed by atoms with van der Waals surface area (Å²) in [6, 6.07) is 4.06. The number of pyridine rings is 1. The summed E-state index contributed by atoms with van der Waals surface area (Å²) in [7, 11) is 8.95. The molecular formula is C22H33N3O3. The van der Waals surface area contributed by atoms with Crippen molar-refractivity contribution in [3.8, 4) is 17.2 Å². The first kappa shape index (κ1) is 20.5. The summed E-state index contributed by atoms with van der Waals surface area (Å²) in [5, 5.41) is 4.59. The van der Waals surface area contributed by atoms with Gasteiger partial charge in [0.1, 0.15) is 5.82 Å². The molecule has 2 aromatic rings. The van der Waals surface area contributed by atoms with E-state index in [4.69, 9.17) is 19.2 Å². The number of methoxy groups -OCH3 is 3. The van der Waals surface area contributed by atoms with Crippen LogP contribution in [0.25, 0.3) is 10.9 Å². The van der Waals surface area contributed by atoms with Crippen molar-refractivity contribution in [2.75, 3.05) is 46.9 Å². The maximum atomic E-state index is 5.67. The molecule has 6 nitrogen and oxygen atoms in total. The minimum atomic E-state index is 0.595. The van der Waals surface area contributed by atoms with Gasteiger partial charge in [-0.05, 0) is 31.4 Å². The predicted molar refractivity (Wildman–Crippen MR) is 114 cm³/mol. The Hall–Kier alpha value is -2.21. The van der Waals surface area contributed by atoms with Crippen LogP contribution in [0.5, 0.6) is 17.2 Å². The summed E-state index contributed by atoms with van der Waals surface area (Å²) in [5.41, 5.74) is 1.98. The van der Waals surface area contributed by atoms with E-state index in [2.05, 4.69) is 16.3 Å². The number of hydrogen-bond donors (Lipinski definition) is 1. The molecule has 0 unspecified atom stereocenters. The van der Waals surface area contributed by atoms with E-state index >= 15 is 0 Å². The number of nitrogens with zero attached hydrogens (tertiary/aromatic N) is 2. The van der Waals surface area contributed by atoms with Crippen molar-refractivity contribution in [2.24, 2.45) is 5.92 Å². The Labute approximate surface area is 168 Å². The molecule has 0 saturated heterocycles. The van der Waals surface area contributed by atoms with E-state index in [1.54, 1.807) is 21.3 Å². The zero-order valence-electron chi connectivity index (χ0n) is 17.8. The summed E-state index contributed by atoms with van der Waals surface area (Å²) < 4.78 is 16.7.